The first-order chi connectivity index (χ1) is 8.56. The number of rotatable bonds is 3. The Balaban J connectivity index is 1.78. The summed E-state index contributed by atoms with van der Waals surface area (Å²) in [7, 11) is 0. The number of carbonyl (C=O) groups excluding carboxylic acids is 2. The minimum Gasteiger partial charge on any atom is -0.372 e. The molecular weight excluding hydrogens is 252 g/mol. The molecule has 2 fully saturated rings. The lowest BCUT2D eigenvalue weighted by molar-refractivity contribution is -0.143. The van der Waals surface area contributed by atoms with Crippen molar-refractivity contribution in [3.63, 3.8) is 0 Å². The topological polar surface area (TPSA) is 49.9 Å². The van der Waals surface area contributed by atoms with Gasteiger partial charge in [-0.15, -0.1) is 0 Å². The van der Waals surface area contributed by atoms with Crippen LogP contribution >= 0.6 is 11.8 Å². The van der Waals surface area contributed by atoms with Crippen molar-refractivity contribution in [3.05, 3.63) is 0 Å². The first-order valence-electron chi connectivity index (χ1n) is 6.41. The highest BCUT2D eigenvalue weighted by molar-refractivity contribution is 8.13. The standard InChI is InChI=1S/C12H20N2O3S/c1-9-7-14(8-10(2)17-9)11(15)3-4-13-5-6-18-12(13)16/h9-10H,3-8H2,1-2H3. The van der Waals surface area contributed by atoms with E-state index in [1.165, 1.54) is 11.8 Å². The van der Waals surface area contributed by atoms with Gasteiger partial charge < -0.3 is 14.5 Å². The number of hydrogen-bond donors (Lipinski definition) is 0. The number of morpholine rings is 1. The number of ether oxygens (including phenoxy) is 1. The van der Waals surface area contributed by atoms with Gasteiger partial charge in [-0.05, 0) is 13.8 Å². The van der Waals surface area contributed by atoms with Crippen LogP contribution in [0.1, 0.15) is 20.3 Å². The molecule has 2 aliphatic rings. The second-order valence-corrected chi connectivity index (χ2v) is 5.95. The molecule has 0 bridgehead atoms. The fourth-order valence-electron chi connectivity index (χ4n) is 2.40. The maximum atomic E-state index is 12.1. The van der Waals surface area contributed by atoms with E-state index in [0.717, 1.165) is 12.3 Å². The zero-order valence-electron chi connectivity index (χ0n) is 10.9. The Labute approximate surface area is 112 Å². The fourth-order valence-corrected chi connectivity index (χ4v) is 3.25. The molecule has 5 nitrogen and oxygen atoms in total. The molecular formula is C12H20N2O3S. The molecule has 0 saturated carbocycles. The summed E-state index contributed by atoms with van der Waals surface area (Å²) in [4.78, 5) is 27.1. The zero-order valence-corrected chi connectivity index (χ0v) is 11.7. The number of carbonyl (C=O) groups is 2. The van der Waals surface area contributed by atoms with Crippen LogP contribution in [0, 0.1) is 0 Å². The second-order valence-electron chi connectivity index (χ2n) is 4.91. The van der Waals surface area contributed by atoms with Crippen molar-refractivity contribution in [2.24, 2.45) is 0 Å². The Hall–Kier alpha value is -0.750. The zero-order chi connectivity index (χ0) is 13.1. The first kappa shape index (κ1) is 13.7. The van der Waals surface area contributed by atoms with Crippen molar-refractivity contribution in [2.75, 3.05) is 31.9 Å². The van der Waals surface area contributed by atoms with Gasteiger partial charge in [0.25, 0.3) is 5.24 Å². The molecule has 0 radical (unpaired) electrons. The monoisotopic (exact) mass is 272 g/mol. The second kappa shape index (κ2) is 5.93. The van der Waals surface area contributed by atoms with Gasteiger partial charge in [-0.3, -0.25) is 9.59 Å². The molecule has 2 atom stereocenters. The van der Waals surface area contributed by atoms with E-state index >= 15 is 0 Å². The highest BCUT2D eigenvalue weighted by Gasteiger charge is 2.27. The van der Waals surface area contributed by atoms with Crippen LogP contribution in [0.4, 0.5) is 4.79 Å². The molecule has 2 rings (SSSR count). The van der Waals surface area contributed by atoms with Crippen LogP contribution in [0.3, 0.4) is 0 Å². The molecule has 102 valence electrons. The van der Waals surface area contributed by atoms with Gasteiger partial charge in [0.15, 0.2) is 0 Å². The maximum absolute atomic E-state index is 12.1. The van der Waals surface area contributed by atoms with Gasteiger partial charge in [0.1, 0.15) is 0 Å². The van der Waals surface area contributed by atoms with Crippen LogP contribution in [0.15, 0.2) is 0 Å². The van der Waals surface area contributed by atoms with Crippen molar-refractivity contribution in [1.82, 2.24) is 9.80 Å². The lowest BCUT2D eigenvalue weighted by atomic mass is 10.2. The molecule has 0 aromatic carbocycles. The van der Waals surface area contributed by atoms with Crippen molar-refractivity contribution >= 4 is 22.9 Å². The molecule has 2 amide bonds. The highest BCUT2D eigenvalue weighted by atomic mass is 32.2. The summed E-state index contributed by atoms with van der Waals surface area (Å²) in [5, 5.41) is 0.103. The minimum absolute atomic E-state index is 0.0988. The predicted octanol–water partition coefficient (Wildman–Crippen LogP) is 1.18. The summed E-state index contributed by atoms with van der Waals surface area (Å²) in [6.07, 6.45) is 0.620. The van der Waals surface area contributed by atoms with Crippen LogP contribution in [0.2, 0.25) is 0 Å². The Morgan fingerprint density at radius 3 is 2.61 bits per heavy atom. The lowest BCUT2D eigenvalue weighted by Gasteiger charge is -2.35. The van der Waals surface area contributed by atoms with Crippen molar-refractivity contribution in [1.29, 1.82) is 0 Å². The van der Waals surface area contributed by atoms with E-state index in [0.29, 0.717) is 26.1 Å². The van der Waals surface area contributed by atoms with Crippen molar-refractivity contribution in [3.8, 4) is 0 Å². The van der Waals surface area contributed by atoms with Gasteiger partial charge in [-0.2, -0.15) is 0 Å². The fraction of sp³-hybridized carbons (Fsp3) is 0.833. The molecule has 0 N–H and O–H groups in total. The molecule has 2 heterocycles. The molecule has 0 aromatic heterocycles. The summed E-state index contributed by atoms with van der Waals surface area (Å²) in [5.41, 5.74) is 0. The van der Waals surface area contributed by atoms with E-state index in [2.05, 4.69) is 0 Å². The quantitative estimate of drug-likeness (QED) is 0.774. The third kappa shape index (κ3) is 3.38. The van der Waals surface area contributed by atoms with Crippen LogP contribution in [-0.4, -0.2) is 65.1 Å². The van der Waals surface area contributed by atoms with Crippen LogP contribution < -0.4 is 0 Å². The van der Waals surface area contributed by atoms with Gasteiger partial charge in [0.05, 0.1) is 12.2 Å². The van der Waals surface area contributed by atoms with E-state index < -0.39 is 0 Å². The summed E-state index contributed by atoms with van der Waals surface area (Å²) < 4.78 is 5.60. The molecule has 0 aromatic rings. The van der Waals surface area contributed by atoms with E-state index in [4.69, 9.17) is 4.74 Å². The van der Waals surface area contributed by atoms with Crippen LogP contribution in [0.5, 0.6) is 0 Å². The van der Waals surface area contributed by atoms with E-state index in [9.17, 15) is 9.59 Å². The van der Waals surface area contributed by atoms with Gasteiger partial charge in [0, 0.05) is 38.4 Å². The molecule has 18 heavy (non-hydrogen) atoms. The smallest absolute Gasteiger partial charge is 0.281 e. The molecule has 6 heteroatoms. The van der Waals surface area contributed by atoms with Crippen LogP contribution in [0.25, 0.3) is 0 Å². The average molecular weight is 272 g/mol. The van der Waals surface area contributed by atoms with Gasteiger partial charge in [-0.1, -0.05) is 11.8 Å². The number of hydrogen-bond acceptors (Lipinski definition) is 4. The number of thioether (sulfide) groups is 1. The maximum Gasteiger partial charge on any atom is 0.281 e. The number of nitrogens with zero attached hydrogens (tertiary/aromatic N) is 2. The Morgan fingerprint density at radius 2 is 2.06 bits per heavy atom. The Morgan fingerprint density at radius 1 is 1.39 bits per heavy atom. The number of amides is 2. The van der Waals surface area contributed by atoms with Crippen molar-refractivity contribution in [2.45, 2.75) is 32.5 Å². The van der Waals surface area contributed by atoms with Crippen LogP contribution in [-0.2, 0) is 9.53 Å². The molecule has 0 aliphatic carbocycles. The van der Waals surface area contributed by atoms with Gasteiger partial charge in [0.2, 0.25) is 5.91 Å². The Kier molecular flexibility index (Phi) is 4.50. The average Bonchev–Trinajstić information content (AvgIpc) is 2.70. The molecule has 0 spiro atoms. The van der Waals surface area contributed by atoms with Gasteiger partial charge in [-0.25, -0.2) is 0 Å². The highest BCUT2D eigenvalue weighted by Crippen LogP contribution is 2.18. The third-order valence-electron chi connectivity index (χ3n) is 3.21. The molecule has 2 saturated heterocycles. The summed E-state index contributed by atoms with van der Waals surface area (Å²) >= 11 is 1.34. The van der Waals surface area contributed by atoms with E-state index in [1.54, 1.807) is 4.90 Å². The van der Waals surface area contributed by atoms with E-state index in [-0.39, 0.29) is 23.4 Å². The van der Waals surface area contributed by atoms with Crippen molar-refractivity contribution < 1.29 is 14.3 Å². The first-order valence-corrected chi connectivity index (χ1v) is 7.39. The molecule has 2 unspecified atom stereocenters. The summed E-state index contributed by atoms with van der Waals surface area (Å²) in [6.45, 7) is 6.60. The Bertz CT molecular complexity index is 327. The lowest BCUT2D eigenvalue weighted by Crippen LogP contribution is -2.48. The largest absolute Gasteiger partial charge is 0.372 e. The van der Waals surface area contributed by atoms with E-state index in [1.807, 2.05) is 18.7 Å². The third-order valence-corrected chi connectivity index (χ3v) is 4.10. The summed E-state index contributed by atoms with van der Waals surface area (Å²) in [6, 6.07) is 0. The molecule has 2 aliphatic heterocycles. The predicted molar refractivity (Wildman–Crippen MR) is 70.6 cm³/mol. The van der Waals surface area contributed by atoms with Gasteiger partial charge >= 0.3 is 0 Å². The minimum atomic E-state index is 0.0988. The summed E-state index contributed by atoms with van der Waals surface area (Å²) in [5.74, 6) is 0.972. The normalized spacial score (nSPS) is 28.9. The SMILES string of the molecule is CC1CN(C(=O)CCN2CCSC2=O)CC(C)O1.